The van der Waals surface area contributed by atoms with Gasteiger partial charge in [-0.15, -0.1) is 0 Å². The van der Waals surface area contributed by atoms with Gasteiger partial charge in [-0.2, -0.15) is 5.10 Å². The highest BCUT2D eigenvalue weighted by atomic mass is 16.5. The summed E-state index contributed by atoms with van der Waals surface area (Å²) in [5.74, 6) is 1.12. The molecule has 0 aromatic carbocycles. The molecule has 2 aromatic rings. The largest absolute Gasteiger partial charge is 0.372 e. The Balaban J connectivity index is 1.40. The van der Waals surface area contributed by atoms with E-state index in [1.54, 1.807) is 11.0 Å². The molecule has 3 atom stereocenters. The molecule has 4 heterocycles. The maximum Gasteiger partial charge on any atom is 0.239 e. The zero-order chi connectivity index (χ0) is 19.8. The van der Waals surface area contributed by atoms with E-state index < -0.39 is 0 Å². The lowest BCUT2D eigenvalue weighted by Gasteiger charge is -2.41. The number of aryl methyl sites for hydroxylation is 1. The molecular formula is C19H29N7O2. The summed E-state index contributed by atoms with van der Waals surface area (Å²) in [6.45, 7) is 10.7. The van der Waals surface area contributed by atoms with Gasteiger partial charge >= 0.3 is 0 Å². The quantitative estimate of drug-likeness (QED) is 0.759. The minimum absolute atomic E-state index is 0.0939. The van der Waals surface area contributed by atoms with Gasteiger partial charge in [0.1, 0.15) is 12.1 Å². The molecule has 4 rings (SSSR count). The fraction of sp³-hybridized carbons (Fsp3) is 0.684. The van der Waals surface area contributed by atoms with Gasteiger partial charge < -0.3 is 14.5 Å². The number of amides is 1. The Hall–Kier alpha value is -2.26. The Morgan fingerprint density at radius 1 is 1.14 bits per heavy atom. The van der Waals surface area contributed by atoms with Gasteiger partial charge in [0, 0.05) is 46.3 Å². The molecule has 2 saturated heterocycles. The number of carbonyl (C=O) groups is 1. The normalized spacial score (nSPS) is 25.3. The summed E-state index contributed by atoms with van der Waals surface area (Å²) in [6, 6.07) is -0.122. The zero-order valence-electron chi connectivity index (χ0n) is 17.1. The van der Waals surface area contributed by atoms with Crippen LogP contribution in [0, 0.1) is 0 Å². The van der Waals surface area contributed by atoms with Crippen molar-refractivity contribution in [1.82, 2.24) is 29.5 Å². The van der Waals surface area contributed by atoms with Gasteiger partial charge in [0.05, 0.1) is 29.8 Å². The number of hydrogen-bond donors (Lipinski definition) is 0. The third-order valence-corrected chi connectivity index (χ3v) is 5.76. The van der Waals surface area contributed by atoms with E-state index in [4.69, 9.17) is 4.74 Å². The highest BCUT2D eigenvalue weighted by Gasteiger charge is 2.33. The molecule has 0 saturated carbocycles. The molecule has 0 radical (unpaired) electrons. The van der Waals surface area contributed by atoms with Gasteiger partial charge in [-0.1, -0.05) is 0 Å². The monoisotopic (exact) mass is 387 g/mol. The molecule has 9 heteroatoms. The van der Waals surface area contributed by atoms with Crippen LogP contribution in [0.3, 0.4) is 0 Å². The highest BCUT2D eigenvalue weighted by molar-refractivity contribution is 5.86. The predicted molar refractivity (Wildman–Crippen MR) is 106 cm³/mol. The number of morpholine rings is 1. The van der Waals surface area contributed by atoms with E-state index in [9.17, 15) is 4.79 Å². The van der Waals surface area contributed by atoms with Crippen LogP contribution in [0.1, 0.15) is 20.8 Å². The Morgan fingerprint density at radius 3 is 2.50 bits per heavy atom. The lowest BCUT2D eigenvalue weighted by molar-refractivity contribution is -0.148. The van der Waals surface area contributed by atoms with Crippen LogP contribution in [0.4, 0.5) is 5.82 Å². The fourth-order valence-corrected chi connectivity index (χ4v) is 4.30. The molecule has 28 heavy (non-hydrogen) atoms. The minimum atomic E-state index is -0.122. The van der Waals surface area contributed by atoms with Crippen LogP contribution in [-0.2, 0) is 16.6 Å². The smallest absolute Gasteiger partial charge is 0.239 e. The van der Waals surface area contributed by atoms with E-state index in [1.165, 1.54) is 0 Å². The van der Waals surface area contributed by atoms with Crippen molar-refractivity contribution in [2.75, 3.05) is 44.2 Å². The second-order valence-electron chi connectivity index (χ2n) is 7.90. The van der Waals surface area contributed by atoms with Crippen LogP contribution >= 0.6 is 0 Å². The van der Waals surface area contributed by atoms with Crippen molar-refractivity contribution < 1.29 is 9.53 Å². The molecule has 0 bridgehead atoms. The van der Waals surface area contributed by atoms with Gasteiger partial charge in [0.25, 0.3) is 0 Å². The number of hydrogen-bond acceptors (Lipinski definition) is 7. The number of rotatable bonds is 3. The molecule has 2 aliphatic rings. The van der Waals surface area contributed by atoms with Crippen LogP contribution in [0.15, 0.2) is 12.5 Å². The molecule has 0 unspecified atom stereocenters. The summed E-state index contributed by atoms with van der Waals surface area (Å²) in [5, 5.41) is 5.27. The number of anilines is 1. The number of nitrogens with zero attached hydrogens (tertiary/aromatic N) is 7. The number of piperazine rings is 1. The van der Waals surface area contributed by atoms with Crippen molar-refractivity contribution >= 4 is 22.8 Å². The predicted octanol–water partition coefficient (Wildman–Crippen LogP) is 0.510. The van der Waals surface area contributed by atoms with Crippen LogP contribution < -0.4 is 4.90 Å². The topological polar surface area (TPSA) is 79.6 Å². The van der Waals surface area contributed by atoms with E-state index in [-0.39, 0.29) is 24.2 Å². The van der Waals surface area contributed by atoms with E-state index in [0.717, 1.165) is 43.0 Å². The maximum absolute atomic E-state index is 13.0. The average Bonchev–Trinajstić information content (AvgIpc) is 3.07. The summed E-state index contributed by atoms with van der Waals surface area (Å²) < 4.78 is 7.52. The molecule has 152 valence electrons. The number of ether oxygens (including phenoxy) is 1. The second-order valence-corrected chi connectivity index (χ2v) is 7.90. The van der Waals surface area contributed by atoms with Gasteiger partial charge in [0.2, 0.25) is 5.91 Å². The third kappa shape index (κ3) is 3.56. The van der Waals surface area contributed by atoms with Crippen molar-refractivity contribution in [3.8, 4) is 0 Å². The summed E-state index contributed by atoms with van der Waals surface area (Å²) in [7, 11) is 1.89. The molecule has 2 aromatic heterocycles. The van der Waals surface area contributed by atoms with Crippen molar-refractivity contribution in [3.63, 3.8) is 0 Å². The highest BCUT2D eigenvalue weighted by Crippen LogP contribution is 2.24. The lowest BCUT2D eigenvalue weighted by Crippen LogP contribution is -2.57. The van der Waals surface area contributed by atoms with Crippen molar-refractivity contribution in [3.05, 3.63) is 12.5 Å². The Morgan fingerprint density at radius 2 is 1.82 bits per heavy atom. The van der Waals surface area contributed by atoms with Crippen LogP contribution in [-0.4, -0.2) is 93.0 Å². The summed E-state index contributed by atoms with van der Waals surface area (Å²) in [5.41, 5.74) is 0.839. The average molecular weight is 387 g/mol. The maximum atomic E-state index is 13.0. The number of carbonyl (C=O) groups excluding carboxylic acids is 1. The van der Waals surface area contributed by atoms with Crippen molar-refractivity contribution in [2.45, 2.75) is 39.0 Å². The van der Waals surface area contributed by atoms with Crippen LogP contribution in [0.5, 0.6) is 0 Å². The van der Waals surface area contributed by atoms with E-state index in [2.05, 4.69) is 24.9 Å². The SMILES string of the molecule is C[C@@H]1CN(C(=O)[C@@H](C)N2CCN(c3ncnc4c3cnn4C)CC2)C[C@@H](C)O1. The first-order chi connectivity index (χ1) is 13.4. The van der Waals surface area contributed by atoms with Crippen molar-refractivity contribution in [1.29, 1.82) is 0 Å². The zero-order valence-corrected chi connectivity index (χ0v) is 17.1. The summed E-state index contributed by atoms with van der Waals surface area (Å²) in [4.78, 5) is 28.3. The Bertz CT molecular complexity index is 836. The van der Waals surface area contributed by atoms with Crippen LogP contribution in [0.2, 0.25) is 0 Å². The van der Waals surface area contributed by atoms with Gasteiger partial charge in [-0.3, -0.25) is 14.4 Å². The number of fused-ring (bicyclic) bond motifs is 1. The summed E-state index contributed by atoms with van der Waals surface area (Å²) in [6.07, 6.45) is 3.61. The van der Waals surface area contributed by atoms with E-state index in [1.807, 2.05) is 38.9 Å². The first-order valence-corrected chi connectivity index (χ1v) is 10.00. The molecule has 0 spiro atoms. The van der Waals surface area contributed by atoms with Crippen LogP contribution in [0.25, 0.3) is 11.0 Å². The first kappa shape index (κ1) is 19.1. The third-order valence-electron chi connectivity index (χ3n) is 5.76. The Kier molecular flexibility index (Phi) is 5.20. The molecular weight excluding hydrogens is 358 g/mol. The second kappa shape index (κ2) is 7.63. The van der Waals surface area contributed by atoms with E-state index in [0.29, 0.717) is 13.1 Å². The first-order valence-electron chi connectivity index (χ1n) is 10.00. The molecule has 0 aliphatic carbocycles. The lowest BCUT2D eigenvalue weighted by atomic mass is 10.1. The molecule has 2 fully saturated rings. The molecule has 0 N–H and O–H groups in total. The van der Waals surface area contributed by atoms with Gasteiger partial charge in [0.15, 0.2) is 5.65 Å². The Labute approximate surface area is 165 Å². The molecule has 2 aliphatic heterocycles. The van der Waals surface area contributed by atoms with Gasteiger partial charge in [-0.25, -0.2) is 9.97 Å². The van der Waals surface area contributed by atoms with Gasteiger partial charge in [-0.05, 0) is 20.8 Å². The molecule has 9 nitrogen and oxygen atoms in total. The summed E-state index contributed by atoms with van der Waals surface area (Å²) >= 11 is 0. The minimum Gasteiger partial charge on any atom is -0.372 e. The van der Waals surface area contributed by atoms with Crippen molar-refractivity contribution in [2.24, 2.45) is 7.05 Å². The van der Waals surface area contributed by atoms with E-state index >= 15 is 0 Å². The standard InChI is InChI=1S/C19H29N7O2/c1-13-10-26(11-14(2)28-13)19(27)15(3)24-5-7-25(8-6-24)18-16-9-22-23(4)17(16)20-12-21-18/h9,12-15H,5-8,10-11H2,1-4H3/t13-,14-,15-/m1/s1. The fourth-order valence-electron chi connectivity index (χ4n) is 4.30. The molecule has 1 amide bonds. The number of aromatic nitrogens is 4.